The molecule has 0 spiro atoms. The Morgan fingerprint density at radius 3 is 2.35 bits per heavy atom. The van der Waals surface area contributed by atoms with E-state index < -0.39 is 14.7 Å². The Morgan fingerprint density at radius 1 is 1.41 bits per heavy atom. The van der Waals surface area contributed by atoms with Gasteiger partial charge in [0.05, 0.1) is 20.4 Å². The molecular formula is C10H12N2O4S. The molecule has 0 aromatic heterocycles. The van der Waals surface area contributed by atoms with Crippen LogP contribution in [0.3, 0.4) is 0 Å². The maximum atomic E-state index is 11.9. The minimum Gasteiger partial charge on any atom is -0.299 e. The van der Waals surface area contributed by atoms with Crippen molar-refractivity contribution in [2.24, 2.45) is 0 Å². The lowest BCUT2D eigenvalue weighted by atomic mass is 10.3. The number of hydrogen-bond acceptors (Lipinski definition) is 5. The van der Waals surface area contributed by atoms with Crippen molar-refractivity contribution < 1.29 is 13.9 Å². The minimum atomic E-state index is -3.19. The summed E-state index contributed by atoms with van der Waals surface area (Å²) in [6.45, 7) is 1.63. The van der Waals surface area contributed by atoms with Gasteiger partial charge in [0.2, 0.25) is 0 Å². The lowest BCUT2D eigenvalue weighted by Crippen LogP contribution is -2.13. The number of ketones is 1. The van der Waals surface area contributed by atoms with Gasteiger partial charge in [0.1, 0.15) is 5.78 Å². The molecule has 17 heavy (non-hydrogen) atoms. The first-order valence-corrected chi connectivity index (χ1v) is 6.62. The van der Waals surface area contributed by atoms with Gasteiger partial charge in [-0.15, -0.1) is 0 Å². The van der Waals surface area contributed by atoms with E-state index in [1.807, 2.05) is 0 Å². The van der Waals surface area contributed by atoms with Crippen molar-refractivity contribution in [1.29, 1.82) is 4.78 Å². The van der Waals surface area contributed by atoms with Crippen LogP contribution >= 0.6 is 0 Å². The van der Waals surface area contributed by atoms with Crippen LogP contribution in [-0.2, 0) is 14.5 Å². The van der Waals surface area contributed by atoms with Gasteiger partial charge in [-0.05, 0) is 12.1 Å². The zero-order valence-electron chi connectivity index (χ0n) is 9.21. The quantitative estimate of drug-likeness (QED) is 0.642. The van der Waals surface area contributed by atoms with Crippen molar-refractivity contribution in [1.82, 2.24) is 0 Å². The van der Waals surface area contributed by atoms with Gasteiger partial charge in [0.25, 0.3) is 5.69 Å². The molecular weight excluding hydrogens is 244 g/mol. The number of nitro groups is 1. The van der Waals surface area contributed by atoms with Crippen molar-refractivity contribution in [2.45, 2.75) is 18.2 Å². The highest BCUT2D eigenvalue weighted by Gasteiger charge is 2.15. The third kappa shape index (κ3) is 3.35. The van der Waals surface area contributed by atoms with Crippen molar-refractivity contribution >= 4 is 21.2 Å². The van der Waals surface area contributed by atoms with Crippen LogP contribution in [0, 0.1) is 14.9 Å². The molecule has 0 fully saturated rings. The Balaban J connectivity index is 3.00. The Labute approximate surface area is 98.8 Å². The van der Waals surface area contributed by atoms with Crippen LogP contribution < -0.4 is 0 Å². The topological polar surface area (TPSA) is 101 Å². The smallest absolute Gasteiger partial charge is 0.269 e. The summed E-state index contributed by atoms with van der Waals surface area (Å²) in [5, 5.41) is 10.4. The molecule has 0 bridgehead atoms. The molecule has 1 unspecified atom stereocenters. The Bertz CT molecular complexity index is 534. The van der Waals surface area contributed by atoms with E-state index in [0.717, 1.165) is 0 Å². The second-order valence-electron chi connectivity index (χ2n) is 3.46. The molecule has 1 aromatic rings. The number of hydrogen-bond donors (Lipinski definition) is 1. The molecule has 0 aliphatic heterocycles. The Hall–Kier alpha value is -1.76. The fraction of sp³-hybridized carbons (Fsp3) is 0.300. The molecule has 92 valence electrons. The van der Waals surface area contributed by atoms with Crippen LogP contribution in [0.2, 0.25) is 0 Å². The molecule has 0 aliphatic rings. The summed E-state index contributed by atoms with van der Waals surface area (Å²) in [7, 11) is -3.19. The van der Waals surface area contributed by atoms with Gasteiger partial charge >= 0.3 is 0 Å². The van der Waals surface area contributed by atoms with Gasteiger partial charge in [0, 0.05) is 23.4 Å². The molecule has 7 heteroatoms. The highest BCUT2D eigenvalue weighted by molar-refractivity contribution is 7.93. The second kappa shape index (κ2) is 5.05. The summed E-state index contributed by atoms with van der Waals surface area (Å²) < 4.78 is 19.5. The number of rotatable bonds is 5. The van der Waals surface area contributed by atoms with Crippen molar-refractivity contribution in [2.75, 3.05) is 5.75 Å². The average Bonchev–Trinajstić information content (AvgIpc) is 2.28. The van der Waals surface area contributed by atoms with E-state index in [0.29, 0.717) is 0 Å². The van der Waals surface area contributed by atoms with Gasteiger partial charge in [-0.2, -0.15) is 0 Å². The van der Waals surface area contributed by atoms with Crippen molar-refractivity contribution in [3.63, 3.8) is 0 Å². The maximum absolute atomic E-state index is 11.9. The molecule has 1 atom stereocenters. The lowest BCUT2D eigenvalue weighted by Gasteiger charge is -2.05. The summed E-state index contributed by atoms with van der Waals surface area (Å²) in [5.74, 6) is -0.607. The van der Waals surface area contributed by atoms with E-state index in [2.05, 4.69) is 0 Å². The molecule has 1 rings (SSSR count). The average molecular weight is 256 g/mol. The first-order chi connectivity index (χ1) is 7.86. The summed E-state index contributed by atoms with van der Waals surface area (Å²) in [4.78, 5) is 21.2. The van der Waals surface area contributed by atoms with Gasteiger partial charge < -0.3 is 0 Å². The summed E-state index contributed by atoms with van der Waals surface area (Å²) in [5.41, 5.74) is -0.134. The number of carbonyl (C=O) groups excluding carboxylic acids is 1. The number of nitro benzene ring substituents is 1. The van der Waals surface area contributed by atoms with E-state index in [4.69, 9.17) is 4.78 Å². The fourth-order valence-corrected chi connectivity index (χ4v) is 2.60. The van der Waals surface area contributed by atoms with E-state index in [9.17, 15) is 19.1 Å². The van der Waals surface area contributed by atoms with E-state index in [1.54, 1.807) is 6.92 Å². The Morgan fingerprint density at radius 2 is 1.94 bits per heavy atom. The minimum absolute atomic E-state index is 0.134. The number of carbonyl (C=O) groups is 1. The van der Waals surface area contributed by atoms with Crippen LogP contribution in [0.5, 0.6) is 0 Å². The van der Waals surface area contributed by atoms with E-state index in [-0.39, 0.29) is 28.5 Å². The first kappa shape index (κ1) is 13.3. The number of benzene rings is 1. The third-order valence-electron chi connectivity index (χ3n) is 2.19. The predicted molar refractivity (Wildman–Crippen MR) is 62.4 cm³/mol. The van der Waals surface area contributed by atoms with Crippen molar-refractivity contribution in [3.05, 3.63) is 34.4 Å². The van der Waals surface area contributed by atoms with Gasteiger partial charge in [-0.25, -0.2) is 8.99 Å². The molecule has 0 amide bonds. The summed E-state index contributed by atoms with van der Waals surface area (Å²) in [6, 6.07) is 4.88. The zero-order valence-corrected chi connectivity index (χ0v) is 10.0. The largest absolute Gasteiger partial charge is 0.299 e. The number of nitrogens with zero attached hydrogens (tertiary/aromatic N) is 1. The first-order valence-electron chi connectivity index (χ1n) is 4.89. The van der Waals surface area contributed by atoms with Crippen LogP contribution in [-0.4, -0.2) is 20.7 Å². The molecule has 1 aromatic carbocycles. The normalized spacial score (nSPS) is 13.9. The summed E-state index contributed by atoms with van der Waals surface area (Å²) >= 11 is 0. The number of nitrogens with one attached hydrogen (secondary N) is 1. The van der Waals surface area contributed by atoms with Crippen LogP contribution in [0.25, 0.3) is 0 Å². The summed E-state index contributed by atoms with van der Waals surface area (Å²) in [6.07, 6.45) is 0.225. The predicted octanol–water partition coefficient (Wildman–Crippen LogP) is 1.98. The molecule has 1 N–H and O–H groups in total. The standard InChI is InChI=1S/C10H12N2O4S/c1-2-9(13)7-17(11,16)10-5-3-8(4-6-10)12(14)15/h3-6,11H,2,7H2,1H3. The molecule has 0 aliphatic carbocycles. The van der Waals surface area contributed by atoms with Crippen LogP contribution in [0.1, 0.15) is 13.3 Å². The Kier molecular flexibility index (Phi) is 3.95. The number of Topliss-reactive ketones (excluding diaryl/α,β-unsaturated/α-hetero) is 1. The zero-order chi connectivity index (χ0) is 13.1. The molecule has 6 nitrogen and oxygen atoms in total. The highest BCUT2D eigenvalue weighted by Crippen LogP contribution is 2.17. The van der Waals surface area contributed by atoms with E-state index in [1.165, 1.54) is 24.3 Å². The molecule has 0 heterocycles. The third-order valence-corrected chi connectivity index (χ3v) is 3.95. The number of non-ortho nitro benzene ring substituents is 1. The van der Waals surface area contributed by atoms with Gasteiger partial charge in [-0.1, -0.05) is 6.92 Å². The monoisotopic (exact) mass is 256 g/mol. The SMILES string of the molecule is CCC(=O)CS(=N)(=O)c1ccc([N+](=O)[O-])cc1. The van der Waals surface area contributed by atoms with E-state index >= 15 is 0 Å². The van der Waals surface area contributed by atoms with Crippen LogP contribution in [0.15, 0.2) is 29.2 Å². The van der Waals surface area contributed by atoms with Gasteiger partial charge in [-0.3, -0.25) is 14.9 Å². The highest BCUT2D eigenvalue weighted by atomic mass is 32.2. The lowest BCUT2D eigenvalue weighted by molar-refractivity contribution is -0.384. The molecule has 0 saturated carbocycles. The molecule has 0 saturated heterocycles. The molecule has 0 radical (unpaired) electrons. The fourth-order valence-electron chi connectivity index (χ4n) is 1.20. The maximum Gasteiger partial charge on any atom is 0.269 e. The van der Waals surface area contributed by atoms with Crippen molar-refractivity contribution in [3.8, 4) is 0 Å². The van der Waals surface area contributed by atoms with Crippen LogP contribution in [0.4, 0.5) is 5.69 Å². The second-order valence-corrected chi connectivity index (χ2v) is 5.57. The van der Waals surface area contributed by atoms with Gasteiger partial charge in [0.15, 0.2) is 0 Å².